The molecule has 14 heavy (non-hydrogen) atoms. The molecule has 0 fully saturated rings. The Hall–Kier alpha value is -2.11. The average molecular weight is 194 g/mol. The Morgan fingerprint density at radius 2 is 2.43 bits per heavy atom. The molecule has 6 nitrogen and oxygen atoms in total. The number of pyridine rings is 1. The summed E-state index contributed by atoms with van der Waals surface area (Å²) >= 11 is 0. The highest BCUT2D eigenvalue weighted by molar-refractivity contribution is 5.98. The van der Waals surface area contributed by atoms with Gasteiger partial charge in [-0.15, -0.1) is 0 Å². The highest BCUT2D eigenvalue weighted by Gasteiger charge is 2.16. The number of rotatable bonds is 2. The van der Waals surface area contributed by atoms with Crippen LogP contribution in [0.4, 0.5) is 0 Å². The summed E-state index contributed by atoms with van der Waals surface area (Å²) < 4.78 is 9.51. The number of fused-ring (bicyclic) bond motifs is 1. The predicted molar refractivity (Wildman–Crippen MR) is 45.3 cm³/mol. The van der Waals surface area contributed by atoms with Crippen LogP contribution in [-0.4, -0.2) is 28.3 Å². The van der Waals surface area contributed by atoms with Crippen LogP contribution in [0, 0.1) is 0 Å². The van der Waals surface area contributed by atoms with E-state index in [2.05, 4.69) is 14.7 Å². The Kier molecular flexibility index (Phi) is 1.81. The highest BCUT2D eigenvalue weighted by atomic mass is 16.5. The first-order valence-corrected chi connectivity index (χ1v) is 3.75. The molecule has 0 saturated carbocycles. The molecule has 1 N–H and O–H groups in total. The number of carboxylic acid groups (broad SMARTS) is 1. The normalized spacial score (nSPS) is 10.4. The Bertz CT molecular complexity index is 491. The first kappa shape index (κ1) is 8.49. The van der Waals surface area contributed by atoms with Gasteiger partial charge in [-0.25, -0.2) is 9.78 Å². The van der Waals surface area contributed by atoms with Crippen molar-refractivity contribution in [3.8, 4) is 5.75 Å². The minimum absolute atomic E-state index is 0.230. The molecule has 0 saturated heterocycles. The molecule has 0 aliphatic heterocycles. The zero-order valence-corrected chi connectivity index (χ0v) is 7.22. The summed E-state index contributed by atoms with van der Waals surface area (Å²) in [5.74, 6) is -0.947. The summed E-state index contributed by atoms with van der Waals surface area (Å²) in [6.45, 7) is 0. The number of hydrogen-bond acceptors (Lipinski definition) is 5. The van der Waals surface area contributed by atoms with E-state index in [1.165, 1.54) is 19.4 Å². The lowest BCUT2D eigenvalue weighted by atomic mass is 10.3. The summed E-state index contributed by atoms with van der Waals surface area (Å²) in [6.07, 6.45) is 1.44. The molecule has 72 valence electrons. The maximum absolute atomic E-state index is 10.7. The number of ether oxygens (including phenoxy) is 1. The van der Waals surface area contributed by atoms with Gasteiger partial charge in [0.15, 0.2) is 0 Å². The van der Waals surface area contributed by atoms with Gasteiger partial charge in [-0.05, 0) is 6.07 Å². The molecular weight excluding hydrogens is 188 g/mol. The van der Waals surface area contributed by atoms with E-state index in [1.807, 2.05) is 0 Å². The first-order valence-electron chi connectivity index (χ1n) is 3.75. The van der Waals surface area contributed by atoms with Gasteiger partial charge in [-0.2, -0.15) is 0 Å². The largest absolute Gasteiger partial charge is 0.495 e. The minimum atomic E-state index is -1.18. The van der Waals surface area contributed by atoms with Crippen molar-refractivity contribution in [3.05, 3.63) is 18.0 Å². The van der Waals surface area contributed by atoms with Gasteiger partial charge in [0, 0.05) is 0 Å². The van der Waals surface area contributed by atoms with E-state index in [0.29, 0.717) is 11.1 Å². The van der Waals surface area contributed by atoms with Crippen LogP contribution in [-0.2, 0) is 0 Å². The van der Waals surface area contributed by atoms with Crippen LogP contribution in [0.25, 0.3) is 11.0 Å². The van der Waals surface area contributed by atoms with Crippen molar-refractivity contribution in [2.45, 2.75) is 0 Å². The molecule has 0 atom stereocenters. The first-order chi connectivity index (χ1) is 6.72. The van der Waals surface area contributed by atoms with Gasteiger partial charge in [-0.1, -0.05) is 5.16 Å². The summed E-state index contributed by atoms with van der Waals surface area (Å²) in [5.41, 5.74) is 0.253. The second-order valence-electron chi connectivity index (χ2n) is 2.56. The molecule has 0 radical (unpaired) electrons. The zero-order valence-electron chi connectivity index (χ0n) is 7.22. The molecule has 6 heteroatoms. The van der Waals surface area contributed by atoms with Gasteiger partial charge < -0.3 is 14.4 Å². The van der Waals surface area contributed by atoms with Crippen molar-refractivity contribution >= 4 is 17.0 Å². The SMILES string of the molecule is COc1cnc2noc(C(=O)O)c2c1. The van der Waals surface area contributed by atoms with Gasteiger partial charge in [0.2, 0.25) is 5.65 Å². The Labute approximate surface area is 78.1 Å². The van der Waals surface area contributed by atoms with Crippen molar-refractivity contribution in [2.75, 3.05) is 7.11 Å². The van der Waals surface area contributed by atoms with Gasteiger partial charge in [0.25, 0.3) is 5.76 Å². The molecule has 2 rings (SSSR count). The summed E-state index contributed by atoms with van der Waals surface area (Å²) in [4.78, 5) is 14.5. The van der Waals surface area contributed by atoms with E-state index in [1.54, 1.807) is 0 Å². The highest BCUT2D eigenvalue weighted by Crippen LogP contribution is 2.20. The molecule has 2 heterocycles. The monoisotopic (exact) mass is 194 g/mol. The summed E-state index contributed by atoms with van der Waals surface area (Å²) in [6, 6.07) is 1.52. The Morgan fingerprint density at radius 3 is 3.07 bits per heavy atom. The number of hydrogen-bond donors (Lipinski definition) is 1. The van der Waals surface area contributed by atoms with E-state index < -0.39 is 5.97 Å². The van der Waals surface area contributed by atoms with Crippen LogP contribution >= 0.6 is 0 Å². The summed E-state index contributed by atoms with van der Waals surface area (Å²) in [5, 5.41) is 12.6. The van der Waals surface area contributed by atoms with Gasteiger partial charge in [0.05, 0.1) is 18.7 Å². The van der Waals surface area contributed by atoms with E-state index >= 15 is 0 Å². The topological polar surface area (TPSA) is 85.5 Å². The zero-order chi connectivity index (χ0) is 10.1. The maximum Gasteiger partial charge on any atom is 0.375 e. The van der Waals surface area contributed by atoms with Crippen molar-refractivity contribution in [3.63, 3.8) is 0 Å². The van der Waals surface area contributed by atoms with Crippen LogP contribution in [0.1, 0.15) is 10.6 Å². The van der Waals surface area contributed by atoms with Gasteiger partial charge >= 0.3 is 5.97 Å². The number of aromatic nitrogens is 2. The van der Waals surface area contributed by atoms with E-state index in [-0.39, 0.29) is 11.4 Å². The number of aromatic carboxylic acids is 1. The van der Waals surface area contributed by atoms with Crippen molar-refractivity contribution < 1.29 is 19.2 Å². The third kappa shape index (κ3) is 1.17. The number of carboxylic acids is 1. The molecule has 2 aromatic heterocycles. The molecular formula is C8H6N2O4. The molecule has 0 aromatic carbocycles. The van der Waals surface area contributed by atoms with Crippen molar-refractivity contribution in [1.29, 1.82) is 0 Å². The Morgan fingerprint density at radius 1 is 1.64 bits per heavy atom. The van der Waals surface area contributed by atoms with Gasteiger partial charge in [-0.3, -0.25) is 0 Å². The van der Waals surface area contributed by atoms with E-state index in [9.17, 15) is 4.79 Å². The fourth-order valence-corrected chi connectivity index (χ4v) is 1.08. The number of carbonyl (C=O) groups is 1. The third-order valence-electron chi connectivity index (χ3n) is 1.74. The minimum Gasteiger partial charge on any atom is -0.495 e. The van der Waals surface area contributed by atoms with Gasteiger partial charge in [0.1, 0.15) is 5.75 Å². The molecule has 0 unspecified atom stereocenters. The lowest BCUT2D eigenvalue weighted by Crippen LogP contribution is -1.94. The van der Waals surface area contributed by atoms with Crippen LogP contribution in [0.3, 0.4) is 0 Å². The summed E-state index contributed by atoms with van der Waals surface area (Å²) in [7, 11) is 1.47. The average Bonchev–Trinajstić information content (AvgIpc) is 2.59. The Balaban J connectivity index is 2.69. The van der Waals surface area contributed by atoms with Crippen LogP contribution < -0.4 is 4.74 Å². The van der Waals surface area contributed by atoms with E-state index in [0.717, 1.165) is 0 Å². The second kappa shape index (κ2) is 2.99. The lowest BCUT2D eigenvalue weighted by Gasteiger charge is -1.96. The fourth-order valence-electron chi connectivity index (χ4n) is 1.08. The lowest BCUT2D eigenvalue weighted by molar-refractivity contribution is 0.0655. The second-order valence-corrected chi connectivity index (χ2v) is 2.56. The number of methoxy groups -OCH3 is 1. The molecule has 0 bridgehead atoms. The van der Waals surface area contributed by atoms with E-state index in [4.69, 9.17) is 9.84 Å². The predicted octanol–water partition coefficient (Wildman–Crippen LogP) is 0.930. The third-order valence-corrected chi connectivity index (χ3v) is 1.74. The number of nitrogens with zero attached hydrogens (tertiary/aromatic N) is 2. The van der Waals surface area contributed by atoms with Crippen molar-refractivity contribution in [1.82, 2.24) is 10.1 Å². The maximum atomic E-state index is 10.7. The molecule has 0 aliphatic rings. The molecule has 0 spiro atoms. The molecule has 0 amide bonds. The molecule has 2 aromatic rings. The van der Waals surface area contributed by atoms with Crippen molar-refractivity contribution in [2.24, 2.45) is 0 Å². The quantitative estimate of drug-likeness (QED) is 0.765. The fraction of sp³-hybridized carbons (Fsp3) is 0.125. The van der Waals surface area contributed by atoms with Crippen LogP contribution in [0.5, 0.6) is 5.75 Å². The smallest absolute Gasteiger partial charge is 0.375 e. The molecule has 0 aliphatic carbocycles. The standard InChI is InChI=1S/C8H6N2O4/c1-13-4-2-5-6(8(11)12)14-10-7(5)9-3-4/h2-3H,1H3,(H,11,12). The van der Waals surface area contributed by atoms with Crippen LogP contribution in [0.2, 0.25) is 0 Å². The van der Waals surface area contributed by atoms with Crippen LogP contribution in [0.15, 0.2) is 16.8 Å².